The van der Waals surface area contributed by atoms with E-state index in [9.17, 15) is 0 Å². The topological polar surface area (TPSA) is 28.2 Å². The Morgan fingerprint density at radius 2 is 2.12 bits per heavy atom. The van der Waals surface area contributed by atoms with Crippen LogP contribution in [0, 0.1) is 5.92 Å². The molecule has 1 heterocycles. The molecule has 1 unspecified atom stereocenters. The molecule has 0 aromatic carbocycles. The van der Waals surface area contributed by atoms with Gasteiger partial charge in [0.15, 0.2) is 0 Å². The molecule has 0 spiro atoms. The van der Waals surface area contributed by atoms with Gasteiger partial charge in [0.25, 0.3) is 0 Å². The highest BCUT2D eigenvalue weighted by Crippen LogP contribution is 2.14. The van der Waals surface area contributed by atoms with Gasteiger partial charge in [0.05, 0.1) is 5.69 Å². The van der Waals surface area contributed by atoms with E-state index < -0.39 is 0 Å². The number of nitrogens with zero attached hydrogens (tertiary/aromatic N) is 2. The molecule has 0 fully saturated rings. The van der Waals surface area contributed by atoms with E-state index in [4.69, 9.17) is 0 Å². The summed E-state index contributed by atoms with van der Waals surface area (Å²) < 4.78 is 0. The van der Waals surface area contributed by atoms with Crippen molar-refractivity contribution in [2.45, 2.75) is 33.7 Å². The minimum Gasteiger partial charge on any atom is -0.357 e. The van der Waals surface area contributed by atoms with Gasteiger partial charge in [-0.2, -0.15) is 0 Å². The molecule has 0 bridgehead atoms. The van der Waals surface area contributed by atoms with Gasteiger partial charge in [0.1, 0.15) is 5.82 Å². The van der Waals surface area contributed by atoms with Gasteiger partial charge in [-0.15, -0.1) is 0 Å². The zero-order chi connectivity index (χ0) is 12.7. The van der Waals surface area contributed by atoms with E-state index in [1.54, 1.807) is 0 Å². The van der Waals surface area contributed by atoms with Crippen LogP contribution in [0.4, 0.5) is 5.82 Å². The maximum absolute atomic E-state index is 4.68. The van der Waals surface area contributed by atoms with Crippen LogP contribution < -0.4 is 10.2 Å². The quantitative estimate of drug-likeness (QED) is 0.787. The Bertz CT molecular complexity index is 325. The summed E-state index contributed by atoms with van der Waals surface area (Å²) in [5.41, 5.74) is 1.10. The SMILES string of the molecule is CCC(C)CN(CC)c1cccc(CNC)n1. The lowest BCUT2D eigenvalue weighted by atomic mass is 10.1. The highest BCUT2D eigenvalue weighted by Gasteiger charge is 2.09. The number of anilines is 1. The molecule has 1 aromatic rings. The number of hydrogen-bond acceptors (Lipinski definition) is 3. The Balaban J connectivity index is 2.76. The first kappa shape index (κ1) is 14.0. The summed E-state index contributed by atoms with van der Waals surface area (Å²) in [5, 5.41) is 3.14. The molecular formula is C14H25N3. The number of hydrogen-bond donors (Lipinski definition) is 1. The van der Waals surface area contributed by atoms with Crippen LogP contribution >= 0.6 is 0 Å². The molecule has 0 aliphatic rings. The molecule has 0 saturated heterocycles. The molecule has 96 valence electrons. The van der Waals surface area contributed by atoms with Crippen molar-refractivity contribution in [3.63, 3.8) is 0 Å². The van der Waals surface area contributed by atoms with Crippen LogP contribution in [0.3, 0.4) is 0 Å². The zero-order valence-corrected chi connectivity index (χ0v) is 11.5. The van der Waals surface area contributed by atoms with Crippen molar-refractivity contribution < 1.29 is 0 Å². The van der Waals surface area contributed by atoms with Crippen molar-refractivity contribution in [1.29, 1.82) is 0 Å². The molecule has 3 heteroatoms. The molecule has 1 atom stereocenters. The fraction of sp³-hybridized carbons (Fsp3) is 0.643. The normalized spacial score (nSPS) is 12.5. The second kappa shape index (κ2) is 7.28. The van der Waals surface area contributed by atoms with Crippen LogP contribution in [0.1, 0.15) is 32.9 Å². The third-order valence-corrected chi connectivity index (χ3v) is 3.08. The molecule has 1 aromatic heterocycles. The second-order valence-corrected chi connectivity index (χ2v) is 4.57. The van der Waals surface area contributed by atoms with Crippen LogP contribution in [0.5, 0.6) is 0 Å². The van der Waals surface area contributed by atoms with Crippen LogP contribution in [-0.4, -0.2) is 25.1 Å². The Labute approximate surface area is 105 Å². The van der Waals surface area contributed by atoms with Gasteiger partial charge in [-0.05, 0) is 32.0 Å². The van der Waals surface area contributed by atoms with E-state index in [0.29, 0.717) is 5.92 Å². The minimum atomic E-state index is 0.713. The lowest BCUT2D eigenvalue weighted by Crippen LogP contribution is -2.29. The third-order valence-electron chi connectivity index (χ3n) is 3.08. The first-order valence-corrected chi connectivity index (χ1v) is 6.56. The van der Waals surface area contributed by atoms with Crippen molar-refractivity contribution in [3.8, 4) is 0 Å². The number of aromatic nitrogens is 1. The molecule has 1 rings (SSSR count). The lowest BCUT2D eigenvalue weighted by Gasteiger charge is -2.25. The maximum atomic E-state index is 4.68. The maximum Gasteiger partial charge on any atom is 0.128 e. The average Bonchev–Trinajstić information content (AvgIpc) is 2.36. The van der Waals surface area contributed by atoms with Crippen molar-refractivity contribution in [2.75, 3.05) is 25.0 Å². The predicted molar refractivity (Wildman–Crippen MR) is 74.3 cm³/mol. The Kier molecular flexibility index (Phi) is 5.98. The van der Waals surface area contributed by atoms with Gasteiger partial charge in [-0.3, -0.25) is 0 Å². The first-order valence-electron chi connectivity index (χ1n) is 6.56. The largest absolute Gasteiger partial charge is 0.357 e. The van der Waals surface area contributed by atoms with Crippen molar-refractivity contribution in [2.24, 2.45) is 5.92 Å². The van der Waals surface area contributed by atoms with Gasteiger partial charge >= 0.3 is 0 Å². The van der Waals surface area contributed by atoms with E-state index in [1.165, 1.54) is 6.42 Å². The fourth-order valence-electron chi connectivity index (χ4n) is 1.81. The summed E-state index contributed by atoms with van der Waals surface area (Å²) in [5.74, 6) is 1.81. The highest BCUT2D eigenvalue weighted by atomic mass is 15.2. The average molecular weight is 235 g/mol. The van der Waals surface area contributed by atoms with E-state index in [1.807, 2.05) is 7.05 Å². The molecule has 0 amide bonds. The first-order chi connectivity index (χ1) is 8.21. The second-order valence-electron chi connectivity index (χ2n) is 4.57. The van der Waals surface area contributed by atoms with Crippen LogP contribution in [0.15, 0.2) is 18.2 Å². The minimum absolute atomic E-state index is 0.713. The Hall–Kier alpha value is -1.09. The van der Waals surface area contributed by atoms with Gasteiger partial charge in [0.2, 0.25) is 0 Å². The Morgan fingerprint density at radius 3 is 2.71 bits per heavy atom. The summed E-state index contributed by atoms with van der Waals surface area (Å²) in [4.78, 5) is 7.04. The van der Waals surface area contributed by atoms with Gasteiger partial charge in [-0.1, -0.05) is 26.3 Å². The summed E-state index contributed by atoms with van der Waals surface area (Å²) >= 11 is 0. The Morgan fingerprint density at radius 1 is 1.35 bits per heavy atom. The van der Waals surface area contributed by atoms with Crippen molar-refractivity contribution in [3.05, 3.63) is 23.9 Å². The molecule has 0 saturated carbocycles. The van der Waals surface area contributed by atoms with E-state index >= 15 is 0 Å². The predicted octanol–water partition coefficient (Wildman–Crippen LogP) is 2.67. The smallest absolute Gasteiger partial charge is 0.128 e. The van der Waals surface area contributed by atoms with Crippen LogP contribution in [-0.2, 0) is 6.54 Å². The summed E-state index contributed by atoms with van der Waals surface area (Å²) in [7, 11) is 1.95. The number of nitrogens with one attached hydrogen (secondary N) is 1. The standard InChI is InChI=1S/C14H25N3/c1-5-12(3)11-17(6-2)14-9-7-8-13(16-14)10-15-4/h7-9,12,15H,5-6,10-11H2,1-4H3. The lowest BCUT2D eigenvalue weighted by molar-refractivity contribution is 0.545. The van der Waals surface area contributed by atoms with Gasteiger partial charge < -0.3 is 10.2 Å². The summed E-state index contributed by atoms with van der Waals surface area (Å²) in [6.07, 6.45) is 1.21. The van der Waals surface area contributed by atoms with Gasteiger partial charge in [-0.25, -0.2) is 4.98 Å². The monoisotopic (exact) mass is 235 g/mol. The molecule has 0 aliphatic heterocycles. The van der Waals surface area contributed by atoms with Crippen LogP contribution in [0.25, 0.3) is 0 Å². The summed E-state index contributed by atoms with van der Waals surface area (Å²) in [6.45, 7) is 9.65. The van der Waals surface area contributed by atoms with Gasteiger partial charge in [0, 0.05) is 19.6 Å². The molecule has 0 aliphatic carbocycles. The highest BCUT2D eigenvalue weighted by molar-refractivity contribution is 5.39. The molecule has 0 radical (unpaired) electrons. The number of pyridine rings is 1. The fourth-order valence-corrected chi connectivity index (χ4v) is 1.81. The van der Waals surface area contributed by atoms with Crippen LogP contribution in [0.2, 0.25) is 0 Å². The van der Waals surface area contributed by atoms with Crippen molar-refractivity contribution in [1.82, 2.24) is 10.3 Å². The summed E-state index contributed by atoms with van der Waals surface area (Å²) in [6, 6.07) is 6.26. The zero-order valence-electron chi connectivity index (χ0n) is 11.5. The molecule has 17 heavy (non-hydrogen) atoms. The van der Waals surface area contributed by atoms with E-state index in [-0.39, 0.29) is 0 Å². The van der Waals surface area contributed by atoms with E-state index in [0.717, 1.165) is 31.1 Å². The number of rotatable bonds is 7. The third kappa shape index (κ3) is 4.35. The van der Waals surface area contributed by atoms with Crippen molar-refractivity contribution >= 4 is 5.82 Å². The molecule has 3 nitrogen and oxygen atoms in total. The molecule has 1 N–H and O–H groups in total. The van der Waals surface area contributed by atoms with E-state index in [2.05, 4.69) is 54.2 Å². The molecular weight excluding hydrogens is 210 g/mol.